The van der Waals surface area contributed by atoms with Crippen molar-refractivity contribution in [1.82, 2.24) is 15.2 Å². The predicted molar refractivity (Wildman–Crippen MR) is 40.0 cm³/mol. The van der Waals surface area contributed by atoms with Crippen LogP contribution in [0.25, 0.3) is 0 Å². The van der Waals surface area contributed by atoms with Crippen molar-refractivity contribution in [3.8, 4) is 6.01 Å². The molecule has 1 heterocycles. The predicted octanol–water partition coefficient (Wildman–Crippen LogP) is 0.0506. The number of H-pyrrole nitrogens is 1. The third kappa shape index (κ3) is 2.19. The van der Waals surface area contributed by atoms with E-state index in [0.29, 0.717) is 18.4 Å². The molecule has 0 amide bonds. The minimum absolute atomic E-state index is 0.0939. The Bertz CT molecular complexity index is 220. The van der Waals surface area contributed by atoms with E-state index in [1.165, 1.54) is 0 Å². The van der Waals surface area contributed by atoms with Crippen LogP contribution in [0.5, 0.6) is 6.01 Å². The van der Waals surface area contributed by atoms with E-state index in [1.54, 1.807) is 0 Å². The molecule has 1 aromatic rings. The van der Waals surface area contributed by atoms with E-state index < -0.39 is 0 Å². The van der Waals surface area contributed by atoms with Gasteiger partial charge >= 0.3 is 6.01 Å². The van der Waals surface area contributed by atoms with Gasteiger partial charge in [-0.25, -0.2) is 0 Å². The maximum absolute atomic E-state index is 5.30. The molecule has 0 radical (unpaired) electrons. The summed E-state index contributed by atoms with van der Waals surface area (Å²) in [6.45, 7) is 4.19. The summed E-state index contributed by atoms with van der Waals surface area (Å²) in [7, 11) is 0. The van der Waals surface area contributed by atoms with Crippen molar-refractivity contribution >= 4 is 0 Å². The summed E-state index contributed by atoms with van der Waals surface area (Å²) < 4.78 is 5.19. The highest BCUT2D eigenvalue weighted by Crippen LogP contribution is 2.02. The zero-order valence-electron chi connectivity index (χ0n) is 6.66. The van der Waals surface area contributed by atoms with Crippen LogP contribution in [-0.4, -0.2) is 21.3 Å². The zero-order chi connectivity index (χ0) is 8.27. The Morgan fingerprint density at radius 3 is 2.82 bits per heavy atom. The quantitative estimate of drug-likeness (QED) is 0.648. The van der Waals surface area contributed by atoms with Gasteiger partial charge in [-0.15, -0.1) is 5.10 Å². The number of aromatic amines is 1. The van der Waals surface area contributed by atoms with Gasteiger partial charge in [0.15, 0.2) is 0 Å². The molecule has 0 bridgehead atoms. The van der Waals surface area contributed by atoms with Gasteiger partial charge in [0, 0.05) is 0 Å². The number of nitrogens with zero attached hydrogens (tertiary/aromatic N) is 2. The fourth-order valence-electron chi connectivity index (χ4n) is 0.633. The lowest BCUT2D eigenvalue weighted by Crippen LogP contribution is -2.06. The average molecular weight is 156 g/mol. The first-order valence-corrected chi connectivity index (χ1v) is 3.50. The van der Waals surface area contributed by atoms with Crippen LogP contribution in [0.1, 0.15) is 19.7 Å². The van der Waals surface area contributed by atoms with Gasteiger partial charge < -0.3 is 10.5 Å². The number of rotatable bonds is 3. The van der Waals surface area contributed by atoms with E-state index in [-0.39, 0.29) is 6.10 Å². The summed E-state index contributed by atoms with van der Waals surface area (Å²) in [5.74, 6) is 0.639. The molecule has 62 valence electrons. The van der Waals surface area contributed by atoms with Gasteiger partial charge in [0.1, 0.15) is 5.82 Å². The molecule has 0 atom stereocenters. The van der Waals surface area contributed by atoms with Gasteiger partial charge in [0.25, 0.3) is 0 Å². The van der Waals surface area contributed by atoms with Gasteiger partial charge in [0.2, 0.25) is 0 Å². The fraction of sp³-hybridized carbons (Fsp3) is 0.667. The maximum Gasteiger partial charge on any atom is 0.335 e. The Kier molecular flexibility index (Phi) is 2.43. The van der Waals surface area contributed by atoms with E-state index in [2.05, 4.69) is 15.2 Å². The minimum atomic E-state index is 0.0939. The molecule has 5 nitrogen and oxygen atoms in total. The summed E-state index contributed by atoms with van der Waals surface area (Å²) in [6, 6.07) is 0.362. The van der Waals surface area contributed by atoms with Gasteiger partial charge in [-0.1, -0.05) is 0 Å². The van der Waals surface area contributed by atoms with Gasteiger partial charge in [0.05, 0.1) is 12.6 Å². The Balaban J connectivity index is 2.58. The summed E-state index contributed by atoms with van der Waals surface area (Å²) in [4.78, 5) is 3.96. The lowest BCUT2D eigenvalue weighted by atomic mass is 10.5. The van der Waals surface area contributed by atoms with Gasteiger partial charge in [-0.3, -0.25) is 5.10 Å². The normalized spacial score (nSPS) is 10.5. The fourth-order valence-corrected chi connectivity index (χ4v) is 0.633. The van der Waals surface area contributed by atoms with Crippen LogP contribution in [0.4, 0.5) is 0 Å². The summed E-state index contributed by atoms with van der Waals surface area (Å²) >= 11 is 0. The van der Waals surface area contributed by atoms with Crippen LogP contribution in [-0.2, 0) is 6.54 Å². The number of nitrogens with one attached hydrogen (secondary N) is 1. The molecule has 0 unspecified atom stereocenters. The van der Waals surface area contributed by atoms with Crippen molar-refractivity contribution in [2.24, 2.45) is 5.73 Å². The van der Waals surface area contributed by atoms with Crippen LogP contribution in [0, 0.1) is 0 Å². The Morgan fingerprint density at radius 1 is 1.64 bits per heavy atom. The van der Waals surface area contributed by atoms with E-state index >= 15 is 0 Å². The lowest BCUT2D eigenvalue weighted by Gasteiger charge is -2.02. The highest BCUT2D eigenvalue weighted by molar-refractivity contribution is 4.94. The molecular weight excluding hydrogens is 144 g/mol. The van der Waals surface area contributed by atoms with Crippen molar-refractivity contribution in [2.45, 2.75) is 26.5 Å². The third-order valence-electron chi connectivity index (χ3n) is 1.05. The summed E-state index contributed by atoms with van der Waals surface area (Å²) in [6.07, 6.45) is 0.0939. The number of hydrogen-bond acceptors (Lipinski definition) is 4. The Hall–Kier alpha value is -1.10. The Labute approximate surface area is 65.0 Å². The van der Waals surface area contributed by atoms with Crippen LogP contribution < -0.4 is 10.5 Å². The standard InChI is InChI=1S/C6H12N4O/c1-4(2)11-6-8-5(3-7)9-10-6/h4H,3,7H2,1-2H3,(H,8,9,10). The van der Waals surface area contributed by atoms with E-state index in [1.807, 2.05) is 13.8 Å². The first-order valence-electron chi connectivity index (χ1n) is 3.50. The highest BCUT2D eigenvalue weighted by Gasteiger charge is 2.03. The summed E-state index contributed by atoms with van der Waals surface area (Å²) in [5, 5.41) is 6.44. The molecule has 0 aliphatic carbocycles. The number of nitrogens with two attached hydrogens (primary N) is 1. The van der Waals surface area contributed by atoms with Crippen LogP contribution in [0.3, 0.4) is 0 Å². The molecule has 0 fully saturated rings. The molecule has 0 aliphatic rings. The number of ether oxygens (including phenoxy) is 1. The molecule has 1 rings (SSSR count). The summed E-state index contributed by atoms with van der Waals surface area (Å²) in [5.41, 5.74) is 5.30. The second kappa shape index (κ2) is 3.34. The zero-order valence-corrected chi connectivity index (χ0v) is 6.66. The van der Waals surface area contributed by atoms with Crippen molar-refractivity contribution in [3.05, 3.63) is 5.82 Å². The molecule has 0 spiro atoms. The van der Waals surface area contributed by atoms with Gasteiger partial charge in [-0.05, 0) is 13.8 Å². The number of hydrogen-bond donors (Lipinski definition) is 2. The molecule has 0 saturated carbocycles. The van der Waals surface area contributed by atoms with E-state index in [9.17, 15) is 0 Å². The van der Waals surface area contributed by atoms with Crippen LogP contribution in [0.15, 0.2) is 0 Å². The largest absolute Gasteiger partial charge is 0.460 e. The molecule has 1 aromatic heterocycles. The molecule has 0 aliphatic heterocycles. The van der Waals surface area contributed by atoms with Crippen LogP contribution in [0.2, 0.25) is 0 Å². The van der Waals surface area contributed by atoms with Crippen molar-refractivity contribution < 1.29 is 4.74 Å². The number of aromatic nitrogens is 3. The van der Waals surface area contributed by atoms with Crippen molar-refractivity contribution in [1.29, 1.82) is 0 Å². The first-order chi connectivity index (χ1) is 5.22. The van der Waals surface area contributed by atoms with Gasteiger partial charge in [-0.2, -0.15) is 4.98 Å². The maximum atomic E-state index is 5.30. The Morgan fingerprint density at radius 2 is 2.36 bits per heavy atom. The smallest absolute Gasteiger partial charge is 0.335 e. The monoisotopic (exact) mass is 156 g/mol. The molecule has 0 saturated heterocycles. The lowest BCUT2D eigenvalue weighted by molar-refractivity contribution is 0.223. The molecule has 0 aromatic carbocycles. The highest BCUT2D eigenvalue weighted by atomic mass is 16.5. The molecule has 3 N–H and O–H groups in total. The third-order valence-corrected chi connectivity index (χ3v) is 1.05. The van der Waals surface area contributed by atoms with E-state index in [0.717, 1.165) is 0 Å². The molecule has 11 heavy (non-hydrogen) atoms. The first kappa shape index (κ1) is 8.00. The second-order valence-corrected chi connectivity index (χ2v) is 2.44. The second-order valence-electron chi connectivity index (χ2n) is 2.44. The minimum Gasteiger partial charge on any atom is -0.460 e. The molecule has 5 heteroatoms. The SMILES string of the molecule is CC(C)Oc1n[nH]c(CN)n1. The van der Waals surface area contributed by atoms with E-state index in [4.69, 9.17) is 10.5 Å². The van der Waals surface area contributed by atoms with Crippen LogP contribution >= 0.6 is 0 Å². The molecular formula is C6H12N4O. The van der Waals surface area contributed by atoms with Crippen molar-refractivity contribution in [3.63, 3.8) is 0 Å². The van der Waals surface area contributed by atoms with Crippen molar-refractivity contribution in [2.75, 3.05) is 0 Å². The topological polar surface area (TPSA) is 76.8 Å². The average Bonchev–Trinajstić information content (AvgIpc) is 2.34.